The Kier molecular flexibility index (Phi) is 4.05. The summed E-state index contributed by atoms with van der Waals surface area (Å²) in [4.78, 5) is 13.1. The van der Waals surface area contributed by atoms with E-state index in [9.17, 15) is 0 Å². The van der Waals surface area contributed by atoms with E-state index in [0.29, 0.717) is 35.0 Å². The van der Waals surface area contributed by atoms with E-state index in [1.165, 1.54) is 0 Å². The molecule has 1 fully saturated rings. The van der Waals surface area contributed by atoms with Gasteiger partial charge in [-0.2, -0.15) is 9.97 Å². The minimum absolute atomic E-state index is 0.233. The van der Waals surface area contributed by atoms with Gasteiger partial charge in [0.15, 0.2) is 12.4 Å². The van der Waals surface area contributed by atoms with Crippen molar-refractivity contribution in [3.8, 4) is 17.4 Å². The van der Waals surface area contributed by atoms with E-state index in [4.69, 9.17) is 14.0 Å². The molecular weight excluding hydrogens is 320 g/mol. The second-order valence-electron chi connectivity index (χ2n) is 6.08. The molecule has 0 atom stereocenters. The monoisotopic (exact) mass is 338 g/mol. The van der Waals surface area contributed by atoms with Crippen molar-refractivity contribution in [2.45, 2.75) is 39.2 Å². The average molecular weight is 338 g/mol. The van der Waals surface area contributed by atoms with Crippen molar-refractivity contribution < 1.29 is 14.0 Å². The Morgan fingerprint density at radius 1 is 1.04 bits per heavy atom. The van der Waals surface area contributed by atoms with E-state index in [1.807, 2.05) is 37.3 Å². The third kappa shape index (κ3) is 3.93. The molecular formula is C18H18N4O3. The Morgan fingerprint density at radius 3 is 2.48 bits per heavy atom. The molecule has 1 aromatic carbocycles. The highest BCUT2D eigenvalue weighted by Crippen LogP contribution is 2.38. The van der Waals surface area contributed by atoms with Gasteiger partial charge in [-0.1, -0.05) is 5.16 Å². The lowest BCUT2D eigenvalue weighted by molar-refractivity contribution is 0.242. The molecule has 128 valence electrons. The fourth-order valence-electron chi connectivity index (χ4n) is 2.41. The van der Waals surface area contributed by atoms with Crippen molar-refractivity contribution in [2.75, 3.05) is 0 Å². The molecule has 3 aromatic rings. The van der Waals surface area contributed by atoms with Crippen molar-refractivity contribution in [1.29, 1.82) is 0 Å². The molecule has 0 N–H and O–H groups in total. The molecule has 1 aliphatic rings. The largest absolute Gasteiger partial charge is 0.484 e. The third-order valence-electron chi connectivity index (χ3n) is 3.77. The number of aromatic nitrogens is 4. The maximum Gasteiger partial charge on any atom is 0.264 e. The zero-order chi connectivity index (χ0) is 17.2. The molecule has 1 aliphatic carbocycles. The van der Waals surface area contributed by atoms with Crippen LogP contribution in [0, 0.1) is 13.8 Å². The lowest BCUT2D eigenvalue weighted by Crippen LogP contribution is -1.98. The molecule has 7 heteroatoms. The van der Waals surface area contributed by atoms with Gasteiger partial charge < -0.3 is 14.0 Å². The van der Waals surface area contributed by atoms with Crippen LogP contribution in [0.2, 0.25) is 0 Å². The van der Waals surface area contributed by atoms with Crippen LogP contribution in [0.3, 0.4) is 0 Å². The molecule has 25 heavy (non-hydrogen) atoms. The highest BCUT2D eigenvalue weighted by atomic mass is 16.5. The maximum absolute atomic E-state index is 5.85. The van der Waals surface area contributed by atoms with Crippen LogP contribution in [0.15, 0.2) is 34.9 Å². The van der Waals surface area contributed by atoms with Crippen LogP contribution in [0.25, 0.3) is 0 Å². The molecule has 0 spiro atoms. The summed E-state index contributed by atoms with van der Waals surface area (Å²) in [5, 5.41) is 3.72. The number of rotatable bonds is 6. The summed E-state index contributed by atoms with van der Waals surface area (Å²) in [6.45, 7) is 3.95. The third-order valence-corrected chi connectivity index (χ3v) is 3.77. The van der Waals surface area contributed by atoms with E-state index in [0.717, 1.165) is 24.4 Å². The standard InChI is InChI=1S/C18H18N4O3/c1-11-9-16(21-18(19-11)13-3-4-13)24-15-7-5-14(6-8-15)23-10-17-20-12(2)22-25-17/h5-9,13H,3-4,10H2,1-2H3. The average Bonchev–Trinajstić information content (AvgIpc) is 3.36. The molecule has 0 unspecified atom stereocenters. The van der Waals surface area contributed by atoms with Gasteiger partial charge in [0, 0.05) is 17.7 Å². The first-order chi connectivity index (χ1) is 12.2. The Hall–Kier alpha value is -2.96. The number of nitrogens with zero attached hydrogens (tertiary/aromatic N) is 4. The Labute approximate surface area is 145 Å². The van der Waals surface area contributed by atoms with E-state index >= 15 is 0 Å². The van der Waals surface area contributed by atoms with Gasteiger partial charge in [-0.3, -0.25) is 0 Å². The predicted molar refractivity (Wildman–Crippen MR) is 88.6 cm³/mol. The number of aryl methyl sites for hydroxylation is 2. The van der Waals surface area contributed by atoms with Gasteiger partial charge in [0.2, 0.25) is 5.88 Å². The normalized spacial score (nSPS) is 13.7. The number of benzene rings is 1. The molecule has 0 saturated heterocycles. The van der Waals surface area contributed by atoms with Gasteiger partial charge in [0.25, 0.3) is 5.89 Å². The molecule has 0 bridgehead atoms. The number of ether oxygens (including phenoxy) is 2. The summed E-state index contributed by atoms with van der Waals surface area (Å²) >= 11 is 0. The van der Waals surface area contributed by atoms with Crippen LogP contribution in [-0.4, -0.2) is 20.1 Å². The minimum atomic E-state index is 0.233. The van der Waals surface area contributed by atoms with Crippen molar-refractivity contribution >= 4 is 0 Å². The van der Waals surface area contributed by atoms with Crippen molar-refractivity contribution in [3.05, 3.63) is 53.6 Å². The zero-order valence-corrected chi connectivity index (χ0v) is 14.1. The first-order valence-corrected chi connectivity index (χ1v) is 8.21. The Balaban J connectivity index is 1.40. The van der Waals surface area contributed by atoms with Crippen LogP contribution in [0.4, 0.5) is 0 Å². The van der Waals surface area contributed by atoms with Gasteiger partial charge in [0.05, 0.1) is 0 Å². The summed E-state index contributed by atoms with van der Waals surface area (Å²) in [6, 6.07) is 9.17. The van der Waals surface area contributed by atoms with Crippen LogP contribution in [0.5, 0.6) is 17.4 Å². The summed E-state index contributed by atoms with van der Waals surface area (Å²) in [7, 11) is 0. The second-order valence-corrected chi connectivity index (χ2v) is 6.08. The van der Waals surface area contributed by atoms with Gasteiger partial charge in [-0.25, -0.2) is 4.98 Å². The fourth-order valence-corrected chi connectivity index (χ4v) is 2.41. The molecule has 1 saturated carbocycles. The van der Waals surface area contributed by atoms with Crippen molar-refractivity contribution in [3.63, 3.8) is 0 Å². The van der Waals surface area contributed by atoms with Crippen LogP contribution < -0.4 is 9.47 Å². The predicted octanol–water partition coefficient (Wildman–Crippen LogP) is 3.73. The van der Waals surface area contributed by atoms with Gasteiger partial charge in [0.1, 0.15) is 17.3 Å². The molecule has 2 heterocycles. The Morgan fingerprint density at radius 2 is 1.80 bits per heavy atom. The van der Waals surface area contributed by atoms with E-state index in [2.05, 4.69) is 20.1 Å². The first-order valence-electron chi connectivity index (χ1n) is 8.21. The van der Waals surface area contributed by atoms with Gasteiger partial charge in [-0.15, -0.1) is 0 Å². The summed E-state index contributed by atoms with van der Waals surface area (Å²) in [6.07, 6.45) is 2.32. The fraction of sp³-hybridized carbons (Fsp3) is 0.333. The van der Waals surface area contributed by atoms with Crippen LogP contribution in [0.1, 0.15) is 42.0 Å². The van der Waals surface area contributed by atoms with Crippen LogP contribution >= 0.6 is 0 Å². The van der Waals surface area contributed by atoms with E-state index in [-0.39, 0.29) is 6.61 Å². The number of hydrogen-bond acceptors (Lipinski definition) is 7. The van der Waals surface area contributed by atoms with Gasteiger partial charge >= 0.3 is 0 Å². The second kappa shape index (κ2) is 6.51. The van der Waals surface area contributed by atoms with E-state index < -0.39 is 0 Å². The summed E-state index contributed by atoms with van der Waals surface area (Å²) in [5.74, 6) is 4.37. The zero-order valence-electron chi connectivity index (χ0n) is 14.1. The molecule has 7 nitrogen and oxygen atoms in total. The maximum atomic E-state index is 5.85. The quantitative estimate of drug-likeness (QED) is 0.677. The highest BCUT2D eigenvalue weighted by Gasteiger charge is 2.27. The molecule has 0 amide bonds. The Bertz CT molecular complexity index is 872. The molecule has 0 radical (unpaired) electrons. The lowest BCUT2D eigenvalue weighted by Gasteiger charge is -2.08. The highest BCUT2D eigenvalue weighted by molar-refractivity contribution is 5.34. The first kappa shape index (κ1) is 15.6. The summed E-state index contributed by atoms with van der Waals surface area (Å²) < 4.78 is 16.5. The van der Waals surface area contributed by atoms with Crippen LogP contribution in [-0.2, 0) is 6.61 Å². The number of hydrogen-bond donors (Lipinski definition) is 0. The van der Waals surface area contributed by atoms with Gasteiger partial charge in [-0.05, 0) is 51.0 Å². The molecule has 0 aliphatic heterocycles. The van der Waals surface area contributed by atoms with Crippen molar-refractivity contribution in [2.24, 2.45) is 0 Å². The lowest BCUT2D eigenvalue weighted by atomic mass is 10.3. The van der Waals surface area contributed by atoms with Crippen molar-refractivity contribution in [1.82, 2.24) is 20.1 Å². The molecule has 4 rings (SSSR count). The smallest absolute Gasteiger partial charge is 0.264 e. The SMILES string of the molecule is Cc1cc(Oc2ccc(OCc3nc(C)no3)cc2)nc(C2CC2)n1. The summed E-state index contributed by atoms with van der Waals surface area (Å²) in [5.41, 5.74) is 0.918. The minimum Gasteiger partial charge on any atom is -0.484 e. The van der Waals surface area contributed by atoms with E-state index in [1.54, 1.807) is 6.92 Å². The molecule has 2 aromatic heterocycles. The topological polar surface area (TPSA) is 83.2 Å².